The topological polar surface area (TPSA) is 99.9 Å². The number of carbonyl (C=O) groups excluding carboxylic acids is 3. The fourth-order valence-corrected chi connectivity index (χ4v) is 2.28. The highest BCUT2D eigenvalue weighted by molar-refractivity contribution is 5.88. The molecule has 0 aliphatic carbocycles. The molecule has 7 heteroatoms. The van der Waals surface area contributed by atoms with Crippen molar-refractivity contribution in [3.05, 3.63) is 40.2 Å². The Morgan fingerprint density at radius 3 is 2.62 bits per heavy atom. The van der Waals surface area contributed by atoms with Crippen molar-refractivity contribution in [3.63, 3.8) is 0 Å². The van der Waals surface area contributed by atoms with Crippen LogP contribution in [-0.4, -0.2) is 32.1 Å². The lowest BCUT2D eigenvalue weighted by atomic mass is 9.89. The minimum Gasteiger partial charge on any atom is -0.497 e. The van der Waals surface area contributed by atoms with Gasteiger partial charge in [-0.1, -0.05) is 0 Å². The van der Waals surface area contributed by atoms with Gasteiger partial charge in [-0.15, -0.1) is 0 Å². The second kappa shape index (κ2) is 7.18. The van der Waals surface area contributed by atoms with Crippen LogP contribution in [0.1, 0.15) is 18.9 Å². The first kappa shape index (κ1) is 17.6. The third kappa shape index (κ3) is 3.41. The van der Waals surface area contributed by atoms with E-state index in [0.717, 1.165) is 6.07 Å². The van der Waals surface area contributed by atoms with E-state index in [9.17, 15) is 19.2 Å². The van der Waals surface area contributed by atoms with Crippen LogP contribution in [0.2, 0.25) is 0 Å². The van der Waals surface area contributed by atoms with E-state index >= 15 is 0 Å². The Labute approximate surface area is 137 Å². The van der Waals surface area contributed by atoms with Crippen molar-refractivity contribution < 1.29 is 28.3 Å². The lowest BCUT2D eigenvalue weighted by molar-refractivity contribution is -0.125. The van der Waals surface area contributed by atoms with Gasteiger partial charge in [-0.3, -0.25) is 14.4 Å². The minimum absolute atomic E-state index is 0.0796. The molecule has 2 rings (SSSR count). The smallest absolute Gasteiger partial charge is 0.336 e. The lowest BCUT2D eigenvalue weighted by Crippen LogP contribution is -2.35. The molecule has 2 aromatic rings. The molecule has 24 heavy (non-hydrogen) atoms. The molecule has 0 aliphatic rings. The van der Waals surface area contributed by atoms with Crippen molar-refractivity contribution in [2.24, 2.45) is 0 Å². The number of rotatable bonds is 8. The first-order valence-corrected chi connectivity index (χ1v) is 6.96. The summed E-state index contributed by atoms with van der Waals surface area (Å²) in [7, 11) is 1.45. The molecule has 1 heterocycles. The average Bonchev–Trinajstić information content (AvgIpc) is 2.57. The fraction of sp³-hybridized carbons (Fsp3) is 0.294. The summed E-state index contributed by atoms with van der Waals surface area (Å²) < 4.78 is 15.5. The number of Topliss-reactive ketones (excluding diaryl/α,β-unsaturated/α-hetero) is 1. The van der Waals surface area contributed by atoms with Crippen molar-refractivity contribution in [1.82, 2.24) is 0 Å². The SMILES string of the molecule is COc1ccc2c(C([C]=O)(C[C]=O)OCC(C)=O)cc(=O)oc2c1. The number of benzene rings is 1. The Hall–Kier alpha value is -2.80. The number of fused-ring (bicyclic) bond motifs is 1. The second-order valence-electron chi connectivity index (χ2n) is 5.08. The van der Waals surface area contributed by atoms with Crippen LogP contribution in [0.5, 0.6) is 5.75 Å². The summed E-state index contributed by atoms with van der Waals surface area (Å²) in [6.45, 7) is 0.845. The summed E-state index contributed by atoms with van der Waals surface area (Å²) >= 11 is 0. The fourth-order valence-electron chi connectivity index (χ4n) is 2.28. The number of methoxy groups -OCH3 is 1. The normalized spacial score (nSPS) is 13.2. The largest absolute Gasteiger partial charge is 0.497 e. The van der Waals surface area contributed by atoms with Crippen molar-refractivity contribution >= 4 is 29.3 Å². The van der Waals surface area contributed by atoms with Gasteiger partial charge >= 0.3 is 5.63 Å². The molecule has 0 amide bonds. The van der Waals surface area contributed by atoms with E-state index in [1.807, 2.05) is 0 Å². The van der Waals surface area contributed by atoms with E-state index < -0.39 is 24.3 Å². The first-order valence-electron chi connectivity index (χ1n) is 6.96. The van der Waals surface area contributed by atoms with Gasteiger partial charge in [0.1, 0.15) is 17.9 Å². The minimum atomic E-state index is -1.92. The zero-order valence-corrected chi connectivity index (χ0v) is 13.1. The Morgan fingerprint density at radius 2 is 2.04 bits per heavy atom. The van der Waals surface area contributed by atoms with Crippen molar-refractivity contribution in [3.8, 4) is 5.75 Å². The molecule has 0 saturated carbocycles. The summed E-state index contributed by atoms with van der Waals surface area (Å²) in [5, 5.41) is 0.359. The van der Waals surface area contributed by atoms with Gasteiger partial charge in [-0.25, -0.2) is 4.79 Å². The zero-order valence-electron chi connectivity index (χ0n) is 13.1. The molecule has 0 spiro atoms. The summed E-state index contributed by atoms with van der Waals surface area (Å²) in [5.74, 6) is 0.0875. The van der Waals surface area contributed by atoms with E-state index in [4.69, 9.17) is 13.9 Å². The van der Waals surface area contributed by atoms with E-state index in [0.29, 0.717) is 11.1 Å². The zero-order chi connectivity index (χ0) is 17.7. The Balaban J connectivity index is 2.72. The Kier molecular flexibility index (Phi) is 5.25. The highest BCUT2D eigenvalue weighted by atomic mass is 16.5. The molecular weight excluding hydrogens is 316 g/mol. The van der Waals surface area contributed by atoms with Crippen LogP contribution in [0, 0.1) is 0 Å². The highest BCUT2D eigenvalue weighted by Crippen LogP contribution is 2.33. The average molecular weight is 330 g/mol. The Bertz CT molecular complexity index is 836. The van der Waals surface area contributed by atoms with Crippen molar-refractivity contribution in [1.29, 1.82) is 0 Å². The molecule has 0 fully saturated rings. The molecule has 1 aromatic heterocycles. The van der Waals surface area contributed by atoms with Gasteiger partial charge in [0.2, 0.25) is 12.6 Å². The van der Waals surface area contributed by atoms with Crippen LogP contribution < -0.4 is 10.4 Å². The quantitative estimate of drug-likeness (QED) is 0.671. The van der Waals surface area contributed by atoms with Crippen LogP contribution in [-0.2, 0) is 24.7 Å². The first-order chi connectivity index (χ1) is 11.5. The van der Waals surface area contributed by atoms with Gasteiger partial charge in [0.25, 0.3) is 0 Å². The second-order valence-corrected chi connectivity index (χ2v) is 5.08. The maximum atomic E-state index is 11.9. The van der Waals surface area contributed by atoms with E-state index in [-0.39, 0.29) is 16.9 Å². The molecule has 1 aromatic carbocycles. The van der Waals surface area contributed by atoms with Gasteiger partial charge in [0.05, 0.1) is 13.5 Å². The summed E-state index contributed by atoms with van der Waals surface area (Å²) in [4.78, 5) is 45.6. The summed E-state index contributed by atoms with van der Waals surface area (Å²) in [5.41, 5.74) is -2.44. The molecule has 1 unspecified atom stereocenters. The maximum absolute atomic E-state index is 11.9. The lowest BCUT2D eigenvalue weighted by Gasteiger charge is -2.26. The van der Waals surface area contributed by atoms with Crippen LogP contribution in [0.15, 0.2) is 33.5 Å². The molecule has 0 saturated heterocycles. The molecule has 0 bridgehead atoms. The molecule has 1 atom stereocenters. The van der Waals surface area contributed by atoms with Crippen LogP contribution in [0.25, 0.3) is 11.0 Å². The van der Waals surface area contributed by atoms with Gasteiger partial charge in [0, 0.05) is 23.1 Å². The standard InChI is InChI=1S/C17H14O7/c1-11(20)9-23-17(10-19,5-6-18)14-8-16(21)24-15-7-12(22-2)3-4-13(14)15/h3-4,7-8H,5,9H2,1-2H3. The van der Waals surface area contributed by atoms with Crippen LogP contribution >= 0.6 is 0 Å². The summed E-state index contributed by atoms with van der Waals surface area (Å²) in [6, 6.07) is 5.65. The van der Waals surface area contributed by atoms with Crippen LogP contribution in [0.3, 0.4) is 0 Å². The Morgan fingerprint density at radius 1 is 1.29 bits per heavy atom. The van der Waals surface area contributed by atoms with E-state index in [2.05, 4.69) is 0 Å². The molecule has 0 aliphatic heterocycles. The monoisotopic (exact) mass is 330 g/mol. The van der Waals surface area contributed by atoms with Crippen molar-refractivity contribution in [2.45, 2.75) is 18.9 Å². The predicted octanol–water partition coefficient (Wildman–Crippen LogP) is 1.21. The summed E-state index contributed by atoms with van der Waals surface area (Å²) in [6.07, 6.45) is 2.70. The van der Waals surface area contributed by atoms with Crippen LogP contribution in [0.4, 0.5) is 0 Å². The maximum Gasteiger partial charge on any atom is 0.336 e. The molecule has 0 N–H and O–H groups in total. The van der Waals surface area contributed by atoms with E-state index in [1.54, 1.807) is 24.7 Å². The van der Waals surface area contributed by atoms with Gasteiger partial charge in [-0.05, 0) is 19.1 Å². The number of ether oxygens (including phenoxy) is 2. The van der Waals surface area contributed by atoms with Gasteiger partial charge in [0.15, 0.2) is 11.4 Å². The predicted molar refractivity (Wildman–Crippen MR) is 83.4 cm³/mol. The molecule has 7 nitrogen and oxygen atoms in total. The number of hydrogen-bond donors (Lipinski definition) is 0. The van der Waals surface area contributed by atoms with Crippen molar-refractivity contribution in [2.75, 3.05) is 13.7 Å². The third-order valence-corrected chi connectivity index (χ3v) is 3.39. The number of ketones is 1. The number of hydrogen-bond acceptors (Lipinski definition) is 7. The third-order valence-electron chi connectivity index (χ3n) is 3.39. The highest BCUT2D eigenvalue weighted by Gasteiger charge is 2.37. The number of carbonyl (C=O) groups is 1. The molecule has 2 radical (unpaired) electrons. The van der Waals surface area contributed by atoms with E-state index in [1.165, 1.54) is 20.1 Å². The van der Waals surface area contributed by atoms with Gasteiger partial charge in [-0.2, -0.15) is 0 Å². The molecular formula is C17H14O7. The molecule has 124 valence electrons. The van der Waals surface area contributed by atoms with Gasteiger partial charge < -0.3 is 13.9 Å².